The molecule has 5 rings (SSSR count). The summed E-state index contributed by atoms with van der Waals surface area (Å²) >= 11 is 30.3. The summed E-state index contributed by atoms with van der Waals surface area (Å²) in [5.41, 5.74) is -3.79. The standard InChI is InChI=1S/C28H18Cl5F6N3O4S/c29-16-3-2-13(40-25(44)21-20(27(21,32)33)11-1-4-17(34)15(7-11)28(37,38)39)8-14(16)24(43)41-19-6-5-18(35)23(22(19)36)42-47(45,46)10-12-9-26(12,30)31/h1-8,12,20-21,42H,9-10H2,(H,40,44)(H,41,43)/t12?,20-,21+/m0/s1. The van der Waals surface area contributed by atoms with Crippen LogP contribution in [0.5, 0.6) is 0 Å². The van der Waals surface area contributed by atoms with Gasteiger partial charge >= 0.3 is 6.18 Å². The van der Waals surface area contributed by atoms with Gasteiger partial charge in [-0.25, -0.2) is 21.6 Å². The summed E-state index contributed by atoms with van der Waals surface area (Å²) in [6, 6.07) is 7.18. The summed E-state index contributed by atoms with van der Waals surface area (Å²) in [4.78, 5) is 26.1. The molecule has 2 aliphatic carbocycles. The van der Waals surface area contributed by atoms with E-state index in [0.717, 1.165) is 18.2 Å². The molecule has 3 atom stereocenters. The van der Waals surface area contributed by atoms with E-state index in [9.17, 15) is 40.0 Å². The van der Waals surface area contributed by atoms with Crippen LogP contribution < -0.4 is 15.4 Å². The molecule has 0 aliphatic heterocycles. The smallest absolute Gasteiger partial charge is 0.326 e. The van der Waals surface area contributed by atoms with Crippen LogP contribution in [-0.4, -0.2) is 34.7 Å². The first-order valence-electron chi connectivity index (χ1n) is 13.1. The van der Waals surface area contributed by atoms with Crippen LogP contribution in [-0.2, 0) is 21.0 Å². The van der Waals surface area contributed by atoms with Gasteiger partial charge in [-0.3, -0.25) is 14.3 Å². The van der Waals surface area contributed by atoms with E-state index < -0.39 is 94.6 Å². The number of sulfonamides is 1. The summed E-state index contributed by atoms with van der Waals surface area (Å²) in [5.74, 6) is -9.89. The Balaban J connectivity index is 1.31. The molecule has 2 aliphatic rings. The third-order valence-electron chi connectivity index (χ3n) is 7.44. The van der Waals surface area contributed by atoms with E-state index in [4.69, 9.17) is 58.0 Å². The van der Waals surface area contributed by atoms with Gasteiger partial charge in [0, 0.05) is 17.5 Å². The third-order valence-corrected chi connectivity index (χ3v) is 11.0. The Morgan fingerprint density at radius 2 is 1.55 bits per heavy atom. The van der Waals surface area contributed by atoms with E-state index in [0.29, 0.717) is 18.2 Å². The minimum absolute atomic E-state index is 0.0582. The van der Waals surface area contributed by atoms with Crippen molar-refractivity contribution < 1.29 is 44.3 Å². The van der Waals surface area contributed by atoms with E-state index in [1.165, 1.54) is 12.1 Å². The summed E-state index contributed by atoms with van der Waals surface area (Å²) in [5, 5.41) is 4.38. The quantitative estimate of drug-likeness (QED) is 0.150. The number of nitrogens with one attached hydrogen (secondary N) is 3. The van der Waals surface area contributed by atoms with E-state index in [1.54, 1.807) is 4.72 Å². The Labute approximate surface area is 287 Å². The molecule has 0 bridgehead atoms. The van der Waals surface area contributed by atoms with Crippen LogP contribution in [0.1, 0.15) is 33.8 Å². The van der Waals surface area contributed by atoms with Gasteiger partial charge in [-0.05, 0) is 54.4 Å². The molecule has 7 nitrogen and oxygen atoms in total. The van der Waals surface area contributed by atoms with Gasteiger partial charge in [0.15, 0.2) is 5.82 Å². The number of amides is 2. The van der Waals surface area contributed by atoms with Crippen molar-refractivity contribution in [2.45, 2.75) is 27.2 Å². The molecule has 19 heteroatoms. The van der Waals surface area contributed by atoms with Gasteiger partial charge < -0.3 is 10.6 Å². The van der Waals surface area contributed by atoms with Crippen molar-refractivity contribution in [1.29, 1.82) is 0 Å². The van der Waals surface area contributed by atoms with Crippen molar-refractivity contribution >= 4 is 96.9 Å². The fourth-order valence-electron chi connectivity index (χ4n) is 4.86. The molecule has 2 fully saturated rings. The molecule has 1 unspecified atom stereocenters. The van der Waals surface area contributed by atoms with Crippen LogP contribution in [0, 0.1) is 29.3 Å². The minimum Gasteiger partial charge on any atom is -0.326 e. The summed E-state index contributed by atoms with van der Waals surface area (Å²) in [6.45, 7) is 0. The lowest BCUT2D eigenvalue weighted by atomic mass is 10.0. The molecule has 0 saturated heterocycles. The zero-order valence-corrected chi connectivity index (χ0v) is 27.6. The number of anilines is 3. The van der Waals surface area contributed by atoms with Gasteiger partial charge in [0.05, 0.1) is 33.5 Å². The molecule has 3 N–H and O–H groups in total. The van der Waals surface area contributed by atoms with Crippen molar-refractivity contribution in [2.75, 3.05) is 21.1 Å². The summed E-state index contributed by atoms with van der Waals surface area (Å²) < 4.78 is 107. The second-order valence-corrected chi connectivity index (χ2v) is 16.0. The first-order chi connectivity index (χ1) is 21.6. The number of benzene rings is 3. The van der Waals surface area contributed by atoms with Crippen molar-refractivity contribution in [3.05, 3.63) is 87.7 Å². The van der Waals surface area contributed by atoms with Gasteiger partial charge in [0.2, 0.25) is 15.9 Å². The number of alkyl halides is 7. The van der Waals surface area contributed by atoms with Gasteiger partial charge in [-0.15, -0.1) is 46.4 Å². The summed E-state index contributed by atoms with van der Waals surface area (Å²) in [7, 11) is -4.31. The Morgan fingerprint density at radius 3 is 2.17 bits per heavy atom. The van der Waals surface area contributed by atoms with Crippen LogP contribution in [0.15, 0.2) is 48.5 Å². The number of hydrogen-bond donors (Lipinski definition) is 3. The maximum atomic E-state index is 15.2. The van der Waals surface area contributed by atoms with E-state index in [2.05, 4.69) is 10.6 Å². The monoisotopic (exact) mass is 781 g/mol. The maximum absolute atomic E-state index is 15.2. The Kier molecular flexibility index (Phi) is 9.39. The first-order valence-corrected chi connectivity index (χ1v) is 16.7. The molecular formula is C28H18Cl5F6N3O4S. The number of rotatable bonds is 9. The molecule has 0 aromatic heterocycles. The molecule has 47 heavy (non-hydrogen) atoms. The lowest BCUT2D eigenvalue weighted by Gasteiger charge is -2.14. The molecule has 3 aromatic carbocycles. The van der Waals surface area contributed by atoms with Crippen LogP contribution in [0.3, 0.4) is 0 Å². The highest BCUT2D eigenvalue weighted by molar-refractivity contribution is 7.92. The normalized spacial score (nSPS) is 21.1. The fraction of sp³-hybridized carbons (Fsp3) is 0.286. The van der Waals surface area contributed by atoms with Crippen LogP contribution in [0.4, 0.5) is 43.4 Å². The zero-order chi connectivity index (χ0) is 34.9. The molecule has 0 heterocycles. The molecule has 0 spiro atoms. The predicted molar refractivity (Wildman–Crippen MR) is 166 cm³/mol. The van der Waals surface area contributed by atoms with E-state index >= 15 is 4.39 Å². The predicted octanol–water partition coefficient (Wildman–Crippen LogP) is 8.49. The molecule has 0 radical (unpaired) electrons. The lowest BCUT2D eigenvalue weighted by molar-refractivity contribution is -0.140. The molecule has 3 aromatic rings. The second-order valence-electron chi connectivity index (χ2n) is 10.8. The van der Waals surface area contributed by atoms with Crippen molar-refractivity contribution in [2.24, 2.45) is 11.8 Å². The maximum Gasteiger partial charge on any atom is 0.419 e. The average Bonchev–Trinajstić information content (AvgIpc) is 3.76. The van der Waals surface area contributed by atoms with Crippen molar-refractivity contribution in [3.63, 3.8) is 0 Å². The van der Waals surface area contributed by atoms with Gasteiger partial charge in [-0.2, -0.15) is 13.2 Å². The number of hydrogen-bond acceptors (Lipinski definition) is 4. The highest BCUT2D eigenvalue weighted by Gasteiger charge is 2.67. The third kappa shape index (κ3) is 7.52. The molecule has 2 saturated carbocycles. The van der Waals surface area contributed by atoms with Crippen molar-refractivity contribution in [3.8, 4) is 0 Å². The molecular weight excluding hydrogens is 766 g/mol. The second kappa shape index (κ2) is 12.4. The summed E-state index contributed by atoms with van der Waals surface area (Å²) in [6.07, 6.45) is -4.85. The largest absolute Gasteiger partial charge is 0.419 e. The van der Waals surface area contributed by atoms with Crippen LogP contribution in [0.2, 0.25) is 5.02 Å². The lowest BCUT2D eigenvalue weighted by Crippen LogP contribution is -2.22. The zero-order valence-electron chi connectivity index (χ0n) is 23.0. The Bertz CT molecular complexity index is 1910. The van der Waals surface area contributed by atoms with Gasteiger partial charge in [-0.1, -0.05) is 17.7 Å². The highest BCUT2D eigenvalue weighted by Crippen LogP contribution is 2.65. The molecule has 252 valence electrons. The fourth-order valence-corrected chi connectivity index (χ4v) is 8.12. The number of carbonyl (C=O) groups excluding carboxylic acids is 2. The Hall–Kier alpha value is -2.62. The minimum atomic E-state index is -5.01. The highest BCUT2D eigenvalue weighted by atomic mass is 35.5. The number of carbonyl (C=O) groups is 2. The van der Waals surface area contributed by atoms with Crippen LogP contribution in [0.25, 0.3) is 0 Å². The van der Waals surface area contributed by atoms with Gasteiger partial charge in [0.25, 0.3) is 5.91 Å². The van der Waals surface area contributed by atoms with Crippen molar-refractivity contribution in [1.82, 2.24) is 0 Å². The molecule has 2 amide bonds. The Morgan fingerprint density at radius 1 is 0.915 bits per heavy atom. The average molecular weight is 784 g/mol. The van der Waals surface area contributed by atoms with E-state index in [1.807, 2.05) is 0 Å². The van der Waals surface area contributed by atoms with E-state index in [-0.39, 0.29) is 28.3 Å². The SMILES string of the molecule is O=C(Nc1ccc(F)c(NS(=O)(=O)CC2CC2(Cl)Cl)c1F)c1cc(NC(=O)[C@H]2[C@H](c3ccc(F)c(C(F)(F)F)c3)C2(Cl)Cl)ccc1Cl. The van der Waals surface area contributed by atoms with Crippen LogP contribution >= 0.6 is 58.0 Å². The van der Waals surface area contributed by atoms with Gasteiger partial charge in [0.1, 0.15) is 26.0 Å². The first kappa shape index (κ1) is 35.7. The topological polar surface area (TPSA) is 104 Å². The number of halogens is 11.